The number of nitrogens with one attached hydrogen (secondary N) is 1. The number of rotatable bonds is 5. The molecule has 0 atom stereocenters. The second kappa shape index (κ2) is 7.91. The van der Waals surface area contributed by atoms with E-state index in [0.29, 0.717) is 32.0 Å². The van der Waals surface area contributed by atoms with Crippen LogP contribution in [0.15, 0.2) is 58.0 Å². The molecule has 1 N–H and O–H groups in total. The van der Waals surface area contributed by atoms with Gasteiger partial charge in [0.25, 0.3) is 5.56 Å². The number of fused-ring (bicyclic) bond motifs is 1. The Morgan fingerprint density at radius 1 is 1.24 bits per heavy atom. The lowest BCUT2D eigenvalue weighted by atomic mass is 10.1. The summed E-state index contributed by atoms with van der Waals surface area (Å²) in [5, 5.41) is 17.1. The Kier molecular flexibility index (Phi) is 5.16. The van der Waals surface area contributed by atoms with E-state index in [4.69, 9.17) is 4.74 Å². The topological polar surface area (TPSA) is 84.1 Å². The number of nitrogens with zero attached hydrogens (tertiary/aromatic N) is 2. The van der Waals surface area contributed by atoms with E-state index in [-0.39, 0.29) is 12.2 Å². The van der Waals surface area contributed by atoms with Crippen molar-refractivity contribution in [3.63, 3.8) is 0 Å². The van der Waals surface area contributed by atoms with E-state index < -0.39 is 5.97 Å². The maximum absolute atomic E-state index is 12.7. The van der Waals surface area contributed by atoms with Gasteiger partial charge in [-0.25, -0.2) is 4.79 Å². The van der Waals surface area contributed by atoms with Gasteiger partial charge in [-0.15, -0.1) is 11.3 Å². The fraction of sp³-hybridized carbons (Fsp3) is 0.0952. The van der Waals surface area contributed by atoms with E-state index in [9.17, 15) is 14.9 Å². The predicted octanol–water partition coefficient (Wildman–Crippen LogP) is 4.91. The fourth-order valence-corrected chi connectivity index (χ4v) is 4.79. The average molecular weight is 422 g/mol. The zero-order valence-corrected chi connectivity index (χ0v) is 17.0. The van der Waals surface area contributed by atoms with Crippen LogP contribution in [0.5, 0.6) is 0 Å². The maximum Gasteiger partial charge on any atom is 0.350 e. The second-order valence-electron chi connectivity index (χ2n) is 6.02. The smallest absolute Gasteiger partial charge is 0.350 e. The van der Waals surface area contributed by atoms with Crippen molar-refractivity contribution in [3.8, 4) is 11.8 Å². The summed E-state index contributed by atoms with van der Waals surface area (Å²) < 4.78 is 6.82. The van der Waals surface area contributed by atoms with Gasteiger partial charge in [-0.1, -0.05) is 12.1 Å². The van der Waals surface area contributed by atoms with E-state index in [1.165, 1.54) is 28.7 Å². The second-order valence-corrected chi connectivity index (χ2v) is 7.80. The molecule has 0 saturated carbocycles. The van der Waals surface area contributed by atoms with E-state index >= 15 is 0 Å². The van der Waals surface area contributed by atoms with Crippen LogP contribution in [0.2, 0.25) is 0 Å². The Morgan fingerprint density at radius 3 is 2.79 bits per heavy atom. The van der Waals surface area contributed by atoms with Gasteiger partial charge in [0.1, 0.15) is 15.8 Å². The van der Waals surface area contributed by atoms with Crippen LogP contribution >= 0.6 is 22.7 Å². The van der Waals surface area contributed by atoms with Crippen LogP contribution in [0.3, 0.4) is 0 Å². The highest BCUT2D eigenvalue weighted by atomic mass is 32.1. The van der Waals surface area contributed by atoms with Crippen molar-refractivity contribution >= 4 is 50.2 Å². The highest BCUT2D eigenvalue weighted by molar-refractivity contribution is 7.21. The number of pyridine rings is 1. The van der Waals surface area contributed by atoms with Crippen LogP contribution in [-0.4, -0.2) is 17.1 Å². The molecule has 3 heterocycles. The first-order valence-corrected chi connectivity index (χ1v) is 10.5. The molecule has 29 heavy (non-hydrogen) atoms. The number of esters is 1. The first kappa shape index (κ1) is 18.9. The summed E-state index contributed by atoms with van der Waals surface area (Å²) >= 11 is 2.68. The summed E-state index contributed by atoms with van der Waals surface area (Å²) in [6, 6.07) is 14.2. The largest absolute Gasteiger partial charge is 0.462 e. The van der Waals surface area contributed by atoms with Crippen molar-refractivity contribution in [2.75, 3.05) is 11.9 Å². The first-order valence-electron chi connectivity index (χ1n) is 8.78. The zero-order valence-electron chi connectivity index (χ0n) is 15.3. The van der Waals surface area contributed by atoms with Crippen LogP contribution in [0.25, 0.3) is 15.9 Å². The summed E-state index contributed by atoms with van der Waals surface area (Å²) in [4.78, 5) is 26.2. The van der Waals surface area contributed by atoms with Gasteiger partial charge >= 0.3 is 5.97 Å². The lowest BCUT2D eigenvalue weighted by Crippen LogP contribution is -2.15. The highest BCUT2D eigenvalue weighted by Crippen LogP contribution is 2.39. The minimum absolute atomic E-state index is 0.184. The van der Waals surface area contributed by atoms with Crippen molar-refractivity contribution in [1.29, 1.82) is 5.26 Å². The third-order valence-electron chi connectivity index (χ3n) is 4.27. The van der Waals surface area contributed by atoms with Gasteiger partial charge in [-0.3, -0.25) is 9.36 Å². The van der Waals surface area contributed by atoms with E-state index in [1.807, 2.05) is 22.9 Å². The number of anilines is 2. The van der Waals surface area contributed by atoms with E-state index in [0.717, 1.165) is 5.69 Å². The molecule has 6 nitrogen and oxygen atoms in total. The molecule has 0 aliphatic rings. The number of thiophene rings is 2. The van der Waals surface area contributed by atoms with Crippen molar-refractivity contribution < 1.29 is 9.53 Å². The molecular formula is C21H15N3O3S2. The summed E-state index contributed by atoms with van der Waals surface area (Å²) in [5.41, 5.74) is 2.11. The van der Waals surface area contributed by atoms with Crippen LogP contribution < -0.4 is 10.9 Å². The lowest BCUT2D eigenvalue weighted by molar-refractivity contribution is 0.0533. The van der Waals surface area contributed by atoms with Crippen molar-refractivity contribution in [2.24, 2.45) is 0 Å². The number of hydrogen-bond donors (Lipinski definition) is 1. The van der Waals surface area contributed by atoms with Gasteiger partial charge in [0.2, 0.25) is 0 Å². The molecule has 8 heteroatoms. The van der Waals surface area contributed by atoms with Crippen LogP contribution in [-0.2, 0) is 4.74 Å². The normalized spacial score (nSPS) is 10.6. The van der Waals surface area contributed by atoms with E-state index in [2.05, 4.69) is 11.4 Å². The molecule has 0 spiro atoms. The van der Waals surface area contributed by atoms with Crippen LogP contribution in [0, 0.1) is 11.3 Å². The quantitative estimate of drug-likeness (QED) is 0.463. The number of para-hydroxylation sites is 1. The Bertz CT molecular complexity index is 1300. The van der Waals surface area contributed by atoms with Crippen molar-refractivity contribution in [1.82, 2.24) is 4.57 Å². The number of carbonyl (C=O) groups is 1. The maximum atomic E-state index is 12.7. The van der Waals surface area contributed by atoms with Crippen molar-refractivity contribution in [3.05, 3.63) is 74.0 Å². The number of hydrogen-bond acceptors (Lipinski definition) is 7. The highest BCUT2D eigenvalue weighted by Gasteiger charge is 2.23. The molecule has 4 aromatic rings. The van der Waals surface area contributed by atoms with Gasteiger partial charge in [-0.2, -0.15) is 16.6 Å². The lowest BCUT2D eigenvalue weighted by Gasteiger charge is -2.10. The minimum atomic E-state index is -0.477. The number of carbonyl (C=O) groups excluding carboxylic acids is 1. The summed E-state index contributed by atoms with van der Waals surface area (Å²) in [5.74, 6) is -0.477. The standard InChI is InChI=1S/C21H15N3O3S2/c1-2-27-21(26)19-18(23-16-6-4-3-5-13(16)11-22)15-7-8-17(25)24(20(15)29-19)14-9-10-28-12-14/h3-10,12,23H,2H2,1H3. The van der Waals surface area contributed by atoms with Gasteiger partial charge in [0, 0.05) is 16.8 Å². The molecule has 144 valence electrons. The molecule has 4 rings (SSSR count). The Morgan fingerprint density at radius 2 is 2.07 bits per heavy atom. The molecule has 0 amide bonds. The molecular weight excluding hydrogens is 406 g/mol. The third-order valence-corrected chi connectivity index (χ3v) is 6.12. The molecule has 0 unspecified atom stereocenters. The van der Waals surface area contributed by atoms with Crippen LogP contribution in [0.1, 0.15) is 22.2 Å². The number of ether oxygens (including phenoxy) is 1. The van der Waals surface area contributed by atoms with Gasteiger partial charge in [0.05, 0.1) is 29.2 Å². The molecule has 0 bridgehead atoms. The van der Waals surface area contributed by atoms with Gasteiger partial charge in [-0.05, 0) is 36.6 Å². The summed E-state index contributed by atoms with van der Waals surface area (Å²) in [6.45, 7) is 1.98. The number of benzene rings is 1. The SMILES string of the molecule is CCOC(=O)c1sc2c(ccc(=O)n2-c2ccsc2)c1Nc1ccccc1C#N. The van der Waals surface area contributed by atoms with E-state index in [1.54, 1.807) is 35.8 Å². The van der Waals surface area contributed by atoms with Gasteiger partial charge < -0.3 is 10.1 Å². The Balaban J connectivity index is 1.98. The zero-order chi connectivity index (χ0) is 20.4. The molecule has 0 aliphatic heterocycles. The Hall–Kier alpha value is -3.41. The summed E-state index contributed by atoms with van der Waals surface area (Å²) in [6.07, 6.45) is 0. The number of nitriles is 1. The van der Waals surface area contributed by atoms with Crippen LogP contribution in [0.4, 0.5) is 11.4 Å². The minimum Gasteiger partial charge on any atom is -0.462 e. The molecule has 0 saturated heterocycles. The molecule has 0 aliphatic carbocycles. The fourth-order valence-electron chi connectivity index (χ4n) is 3.00. The first-order chi connectivity index (χ1) is 14.1. The Labute approximate surface area is 174 Å². The molecule has 3 aromatic heterocycles. The monoisotopic (exact) mass is 421 g/mol. The average Bonchev–Trinajstić information content (AvgIpc) is 3.37. The summed E-state index contributed by atoms with van der Waals surface area (Å²) in [7, 11) is 0. The van der Waals surface area contributed by atoms with Crippen molar-refractivity contribution in [2.45, 2.75) is 6.92 Å². The predicted molar refractivity (Wildman–Crippen MR) is 116 cm³/mol. The van der Waals surface area contributed by atoms with Gasteiger partial charge in [0.15, 0.2) is 0 Å². The third kappa shape index (κ3) is 3.42. The molecule has 1 aromatic carbocycles. The number of aromatic nitrogens is 1. The molecule has 0 fully saturated rings. The molecule has 0 radical (unpaired) electrons.